The van der Waals surface area contributed by atoms with Crippen LogP contribution < -0.4 is 4.72 Å². The van der Waals surface area contributed by atoms with Gasteiger partial charge in [-0.2, -0.15) is 0 Å². The third-order valence-corrected chi connectivity index (χ3v) is 5.42. The highest BCUT2D eigenvalue weighted by Crippen LogP contribution is 2.32. The summed E-state index contributed by atoms with van der Waals surface area (Å²) in [5.41, 5.74) is 2.99. The van der Waals surface area contributed by atoms with E-state index in [0.717, 1.165) is 11.3 Å². The Bertz CT molecular complexity index is 895. The fourth-order valence-electron chi connectivity index (χ4n) is 2.70. The lowest BCUT2D eigenvalue weighted by Crippen LogP contribution is -2.19. The van der Waals surface area contributed by atoms with Crippen LogP contribution in [0.1, 0.15) is 37.9 Å². The lowest BCUT2D eigenvalue weighted by Gasteiger charge is -2.18. The number of hydrogen-bond donors (Lipinski definition) is 1. The first-order valence-electron chi connectivity index (χ1n) is 8.58. The normalized spacial score (nSPS) is 16.7. The van der Waals surface area contributed by atoms with Gasteiger partial charge in [-0.1, -0.05) is 13.8 Å². The molecule has 1 fully saturated rings. The molecule has 0 radical (unpaired) electrons. The Morgan fingerprint density at radius 2 is 1.92 bits per heavy atom. The maximum Gasteiger partial charge on any atom is 0.237 e. The number of nitrogens with zero attached hydrogens (tertiary/aromatic N) is 2. The fraction of sp³-hybridized carbons (Fsp3) is 0.444. The van der Waals surface area contributed by atoms with Crippen molar-refractivity contribution < 1.29 is 17.5 Å². The van der Waals surface area contributed by atoms with Crippen molar-refractivity contribution in [2.45, 2.75) is 39.2 Å². The van der Waals surface area contributed by atoms with Crippen LogP contribution in [-0.2, 0) is 21.2 Å². The van der Waals surface area contributed by atoms with Crippen LogP contribution in [-0.4, -0.2) is 36.8 Å². The van der Waals surface area contributed by atoms with Crippen molar-refractivity contribution in [2.75, 3.05) is 17.1 Å². The predicted molar refractivity (Wildman–Crippen MR) is 98.0 cm³/mol. The molecule has 140 valence electrons. The van der Waals surface area contributed by atoms with E-state index in [4.69, 9.17) is 4.74 Å². The average molecular weight is 379 g/mol. The Labute approximate surface area is 152 Å². The largest absolute Gasteiger partial charge is 0.373 e. The first-order chi connectivity index (χ1) is 12.3. The van der Waals surface area contributed by atoms with Crippen molar-refractivity contribution in [3.05, 3.63) is 41.3 Å². The highest BCUT2D eigenvalue weighted by atomic mass is 32.2. The number of hydrogen-bond acceptors (Lipinski definition) is 5. The Kier molecular flexibility index (Phi) is 5.24. The van der Waals surface area contributed by atoms with Crippen molar-refractivity contribution in [1.29, 1.82) is 0 Å². The molecule has 8 heteroatoms. The lowest BCUT2D eigenvalue weighted by atomic mass is 9.95. The van der Waals surface area contributed by atoms with Crippen molar-refractivity contribution >= 4 is 16.0 Å². The molecule has 6 nitrogen and oxygen atoms in total. The van der Waals surface area contributed by atoms with Crippen LogP contribution in [0.25, 0.3) is 11.3 Å². The highest BCUT2D eigenvalue weighted by Gasteiger charge is 2.28. The molecule has 0 saturated carbocycles. The first-order valence-corrected chi connectivity index (χ1v) is 10.2. The fourth-order valence-corrected chi connectivity index (χ4v) is 3.21. The maximum absolute atomic E-state index is 13.3. The van der Waals surface area contributed by atoms with Crippen molar-refractivity contribution in [3.8, 4) is 11.3 Å². The van der Waals surface area contributed by atoms with Gasteiger partial charge in [-0.3, -0.25) is 4.72 Å². The van der Waals surface area contributed by atoms with Gasteiger partial charge in [0.15, 0.2) is 0 Å². The molecule has 2 aromatic rings. The Hall–Kier alpha value is -2.06. The monoisotopic (exact) mass is 379 g/mol. The molecule has 1 aromatic carbocycles. The minimum Gasteiger partial charge on any atom is -0.373 e. The predicted octanol–water partition coefficient (Wildman–Crippen LogP) is 3.11. The number of aromatic nitrogens is 2. The molecule has 1 aromatic heterocycles. The number of nitrogens with one attached hydrogen (secondary N) is 1. The van der Waals surface area contributed by atoms with Gasteiger partial charge in [0.1, 0.15) is 5.82 Å². The number of ether oxygens (including phenoxy) is 1. The van der Waals surface area contributed by atoms with E-state index in [1.807, 2.05) is 13.8 Å². The van der Waals surface area contributed by atoms with Gasteiger partial charge in [-0.05, 0) is 37.1 Å². The molecule has 3 rings (SSSR count). The molecule has 0 amide bonds. The summed E-state index contributed by atoms with van der Waals surface area (Å²) in [6.45, 7) is 6.22. The van der Waals surface area contributed by atoms with Crippen LogP contribution in [0.4, 0.5) is 10.3 Å². The average Bonchev–Trinajstić information content (AvgIpc) is 3.40. The molecular weight excluding hydrogens is 357 g/mol. The van der Waals surface area contributed by atoms with E-state index in [1.165, 1.54) is 12.1 Å². The number of sulfonamides is 1. The zero-order valence-corrected chi connectivity index (χ0v) is 15.8. The summed E-state index contributed by atoms with van der Waals surface area (Å²) in [6.07, 6.45) is 0.759. The van der Waals surface area contributed by atoms with Gasteiger partial charge in [0.2, 0.25) is 16.0 Å². The van der Waals surface area contributed by atoms with Gasteiger partial charge in [-0.25, -0.2) is 22.8 Å². The molecule has 1 aliphatic heterocycles. The van der Waals surface area contributed by atoms with Crippen LogP contribution in [0.2, 0.25) is 0 Å². The van der Waals surface area contributed by atoms with E-state index in [-0.39, 0.29) is 29.5 Å². The molecule has 0 spiro atoms. The van der Waals surface area contributed by atoms with Crippen molar-refractivity contribution in [3.63, 3.8) is 0 Å². The molecule has 1 atom stereocenters. The van der Waals surface area contributed by atoms with Gasteiger partial charge >= 0.3 is 0 Å². The maximum atomic E-state index is 13.3. The van der Waals surface area contributed by atoms with Crippen LogP contribution in [0.5, 0.6) is 0 Å². The summed E-state index contributed by atoms with van der Waals surface area (Å²) < 4.78 is 45.0. The van der Waals surface area contributed by atoms with Gasteiger partial charge in [0, 0.05) is 17.5 Å². The lowest BCUT2D eigenvalue weighted by molar-refractivity contribution is 0.406. The van der Waals surface area contributed by atoms with Crippen LogP contribution >= 0.6 is 0 Å². The number of anilines is 1. The third kappa shape index (κ3) is 4.37. The zero-order valence-electron chi connectivity index (χ0n) is 15.0. The molecule has 0 aliphatic carbocycles. The SMILES string of the molecule is CCS(=O)(=O)Nc1nc(-c2ccc(F)cc2)c(CC2CO2)c(C(C)C)n1. The van der Waals surface area contributed by atoms with Gasteiger partial charge < -0.3 is 4.74 Å². The van der Waals surface area contributed by atoms with E-state index in [1.54, 1.807) is 19.1 Å². The standard InChI is InChI=1S/C18H22FN3O3S/c1-4-26(23,24)22-18-20-16(11(2)3)15(9-14-10-25-14)17(21-18)12-5-7-13(19)8-6-12/h5-8,11,14H,4,9-10H2,1-3H3,(H,20,21,22). The smallest absolute Gasteiger partial charge is 0.237 e. The Balaban J connectivity index is 2.15. The third-order valence-electron chi connectivity index (χ3n) is 4.16. The van der Waals surface area contributed by atoms with Gasteiger partial charge in [0.05, 0.1) is 29.9 Å². The molecular formula is C18H22FN3O3S. The van der Waals surface area contributed by atoms with Crippen LogP contribution in [0.15, 0.2) is 24.3 Å². The number of epoxide rings is 1. The summed E-state index contributed by atoms with van der Waals surface area (Å²) >= 11 is 0. The summed E-state index contributed by atoms with van der Waals surface area (Å²) in [6, 6.07) is 5.99. The molecule has 26 heavy (non-hydrogen) atoms. The van der Waals surface area contributed by atoms with Crippen LogP contribution in [0, 0.1) is 5.82 Å². The summed E-state index contributed by atoms with van der Waals surface area (Å²) in [7, 11) is -3.50. The van der Waals surface area contributed by atoms with Crippen molar-refractivity contribution in [2.24, 2.45) is 0 Å². The topological polar surface area (TPSA) is 84.5 Å². The van der Waals surface area contributed by atoms with E-state index in [9.17, 15) is 12.8 Å². The second-order valence-electron chi connectivity index (χ2n) is 6.59. The minimum absolute atomic E-state index is 0.0374. The summed E-state index contributed by atoms with van der Waals surface area (Å²) in [5, 5.41) is 0. The number of benzene rings is 1. The molecule has 1 N–H and O–H groups in total. The molecule has 1 aliphatic rings. The Morgan fingerprint density at radius 1 is 1.27 bits per heavy atom. The molecule has 2 heterocycles. The zero-order chi connectivity index (χ0) is 18.9. The van der Waals surface area contributed by atoms with E-state index >= 15 is 0 Å². The quantitative estimate of drug-likeness (QED) is 0.747. The second-order valence-corrected chi connectivity index (χ2v) is 8.60. The number of rotatable bonds is 7. The molecule has 0 bridgehead atoms. The van der Waals surface area contributed by atoms with Crippen molar-refractivity contribution in [1.82, 2.24) is 9.97 Å². The Morgan fingerprint density at radius 3 is 2.46 bits per heavy atom. The second kappa shape index (κ2) is 7.28. The van der Waals surface area contributed by atoms with E-state index in [2.05, 4.69) is 14.7 Å². The van der Waals surface area contributed by atoms with E-state index in [0.29, 0.717) is 24.3 Å². The van der Waals surface area contributed by atoms with E-state index < -0.39 is 10.0 Å². The van der Waals surface area contributed by atoms with Crippen LogP contribution in [0.3, 0.4) is 0 Å². The van der Waals surface area contributed by atoms with Gasteiger partial charge in [0.25, 0.3) is 0 Å². The molecule has 1 unspecified atom stereocenters. The summed E-state index contributed by atoms with van der Waals surface area (Å²) in [4.78, 5) is 8.91. The minimum atomic E-state index is -3.50. The first kappa shape index (κ1) is 18.7. The highest BCUT2D eigenvalue weighted by molar-refractivity contribution is 7.92. The van der Waals surface area contributed by atoms with Gasteiger partial charge in [-0.15, -0.1) is 0 Å². The number of halogens is 1. The molecule has 1 saturated heterocycles. The summed E-state index contributed by atoms with van der Waals surface area (Å²) in [5.74, 6) is -0.311.